The van der Waals surface area contributed by atoms with E-state index in [1.165, 1.54) is 12.8 Å². The molecule has 0 unspecified atom stereocenters. The number of rotatable bonds is 6. The second-order valence-corrected chi connectivity index (χ2v) is 6.47. The molecule has 1 N–H and O–H groups in total. The summed E-state index contributed by atoms with van der Waals surface area (Å²) in [7, 11) is 0. The second-order valence-electron chi connectivity index (χ2n) is 6.47. The number of aromatic nitrogens is 2. The summed E-state index contributed by atoms with van der Waals surface area (Å²) in [5.41, 5.74) is 1.51. The standard InChI is InChI=1S/C18H21N3O2/c1-2-9-21(10-12-7-8-12)11-15-19-16-13-5-3-4-6-14(13)23-17(16)18(22)20-15/h3-6,12H,2,7-11H2,1H3,(H,19,20,22). The number of nitrogens with one attached hydrogen (secondary N) is 1. The Bertz CT molecular complexity index is 892. The summed E-state index contributed by atoms with van der Waals surface area (Å²) >= 11 is 0. The molecule has 0 atom stereocenters. The van der Waals surface area contributed by atoms with Gasteiger partial charge in [-0.1, -0.05) is 19.1 Å². The van der Waals surface area contributed by atoms with Crippen LogP contribution in [0.25, 0.3) is 22.1 Å². The van der Waals surface area contributed by atoms with Crippen LogP contribution in [0.1, 0.15) is 32.0 Å². The number of fused-ring (bicyclic) bond motifs is 3. The Kier molecular flexibility index (Phi) is 3.65. The molecule has 2 aromatic heterocycles. The van der Waals surface area contributed by atoms with E-state index in [1.54, 1.807) is 0 Å². The molecule has 23 heavy (non-hydrogen) atoms. The van der Waals surface area contributed by atoms with Crippen molar-refractivity contribution in [2.24, 2.45) is 5.92 Å². The molecular weight excluding hydrogens is 290 g/mol. The zero-order valence-electron chi connectivity index (χ0n) is 13.3. The summed E-state index contributed by atoms with van der Waals surface area (Å²) in [6, 6.07) is 7.66. The van der Waals surface area contributed by atoms with Gasteiger partial charge in [0.15, 0.2) is 0 Å². The van der Waals surface area contributed by atoms with Gasteiger partial charge in [-0.15, -0.1) is 0 Å². The van der Waals surface area contributed by atoms with Gasteiger partial charge in [0.25, 0.3) is 5.56 Å². The minimum absolute atomic E-state index is 0.191. The van der Waals surface area contributed by atoms with Crippen LogP contribution in [0.4, 0.5) is 0 Å². The van der Waals surface area contributed by atoms with E-state index >= 15 is 0 Å². The van der Waals surface area contributed by atoms with Crippen molar-refractivity contribution >= 4 is 22.1 Å². The molecule has 0 aliphatic heterocycles. The van der Waals surface area contributed by atoms with Crippen molar-refractivity contribution in [3.05, 3.63) is 40.4 Å². The smallest absolute Gasteiger partial charge is 0.294 e. The molecule has 1 aromatic carbocycles. The van der Waals surface area contributed by atoms with Crippen molar-refractivity contribution in [1.82, 2.24) is 14.9 Å². The third kappa shape index (κ3) is 2.88. The van der Waals surface area contributed by atoms with Gasteiger partial charge >= 0.3 is 0 Å². The molecule has 0 spiro atoms. The van der Waals surface area contributed by atoms with Crippen molar-refractivity contribution in [3.63, 3.8) is 0 Å². The number of furan rings is 1. The fourth-order valence-corrected chi connectivity index (χ4v) is 3.15. The van der Waals surface area contributed by atoms with Crippen LogP contribution in [0, 0.1) is 5.92 Å². The Morgan fingerprint density at radius 1 is 1.35 bits per heavy atom. The Balaban J connectivity index is 1.71. The lowest BCUT2D eigenvalue weighted by Gasteiger charge is -2.20. The Labute approximate surface area is 134 Å². The van der Waals surface area contributed by atoms with Crippen LogP contribution in [0.3, 0.4) is 0 Å². The van der Waals surface area contributed by atoms with E-state index in [-0.39, 0.29) is 5.56 Å². The summed E-state index contributed by atoms with van der Waals surface area (Å²) in [6.07, 6.45) is 3.76. The van der Waals surface area contributed by atoms with Gasteiger partial charge in [-0.3, -0.25) is 9.69 Å². The first-order valence-corrected chi connectivity index (χ1v) is 8.37. The molecule has 0 saturated heterocycles. The van der Waals surface area contributed by atoms with Crippen LogP contribution < -0.4 is 5.56 Å². The van der Waals surface area contributed by atoms with Crippen molar-refractivity contribution < 1.29 is 4.42 Å². The first-order chi connectivity index (χ1) is 11.2. The lowest BCUT2D eigenvalue weighted by Crippen LogP contribution is -2.28. The molecule has 120 valence electrons. The van der Waals surface area contributed by atoms with Gasteiger partial charge in [0.2, 0.25) is 5.58 Å². The zero-order valence-corrected chi connectivity index (χ0v) is 13.3. The molecule has 2 heterocycles. The number of hydrogen-bond donors (Lipinski definition) is 1. The lowest BCUT2D eigenvalue weighted by molar-refractivity contribution is 0.249. The van der Waals surface area contributed by atoms with E-state index in [1.807, 2.05) is 24.3 Å². The Hall–Kier alpha value is -2.14. The van der Waals surface area contributed by atoms with Crippen molar-refractivity contribution in [3.8, 4) is 0 Å². The van der Waals surface area contributed by atoms with Crippen LogP contribution in [-0.4, -0.2) is 28.0 Å². The molecule has 1 fully saturated rings. The maximum absolute atomic E-state index is 12.3. The van der Waals surface area contributed by atoms with Gasteiger partial charge in [-0.25, -0.2) is 4.98 Å². The highest BCUT2D eigenvalue weighted by molar-refractivity contribution is 6.01. The highest BCUT2D eigenvalue weighted by atomic mass is 16.3. The van der Waals surface area contributed by atoms with Gasteiger partial charge in [-0.05, 0) is 43.9 Å². The molecule has 1 aliphatic carbocycles. The number of H-pyrrole nitrogens is 1. The van der Waals surface area contributed by atoms with E-state index in [0.717, 1.165) is 36.6 Å². The third-order valence-corrected chi connectivity index (χ3v) is 4.41. The number of para-hydroxylation sites is 1. The van der Waals surface area contributed by atoms with Gasteiger partial charge in [0.1, 0.15) is 16.9 Å². The van der Waals surface area contributed by atoms with Gasteiger partial charge in [0.05, 0.1) is 6.54 Å². The monoisotopic (exact) mass is 311 g/mol. The van der Waals surface area contributed by atoms with E-state index < -0.39 is 0 Å². The van der Waals surface area contributed by atoms with Crippen molar-refractivity contribution in [2.75, 3.05) is 13.1 Å². The van der Waals surface area contributed by atoms with E-state index in [0.29, 0.717) is 23.2 Å². The molecule has 0 radical (unpaired) electrons. The lowest BCUT2D eigenvalue weighted by atomic mass is 10.2. The summed E-state index contributed by atoms with van der Waals surface area (Å²) in [5.74, 6) is 1.55. The quantitative estimate of drug-likeness (QED) is 0.759. The molecule has 5 nitrogen and oxygen atoms in total. The van der Waals surface area contributed by atoms with Crippen molar-refractivity contribution in [2.45, 2.75) is 32.7 Å². The van der Waals surface area contributed by atoms with E-state index in [4.69, 9.17) is 4.42 Å². The highest BCUT2D eigenvalue weighted by Gasteiger charge is 2.24. The summed E-state index contributed by atoms with van der Waals surface area (Å²) in [4.78, 5) is 22.3. The van der Waals surface area contributed by atoms with Gasteiger partial charge in [0, 0.05) is 11.9 Å². The molecular formula is C18H21N3O2. The zero-order chi connectivity index (χ0) is 15.8. The normalized spacial score (nSPS) is 15.0. The summed E-state index contributed by atoms with van der Waals surface area (Å²) in [6.45, 7) is 5.00. The molecule has 0 bridgehead atoms. The summed E-state index contributed by atoms with van der Waals surface area (Å²) in [5, 5.41) is 0.902. The SMILES string of the molecule is CCCN(Cc1nc2c(oc3ccccc32)c(=O)[nH]1)CC1CC1. The Morgan fingerprint density at radius 3 is 2.96 bits per heavy atom. The predicted octanol–water partition coefficient (Wildman–Crippen LogP) is 3.29. The van der Waals surface area contributed by atoms with Crippen LogP contribution in [-0.2, 0) is 6.54 Å². The van der Waals surface area contributed by atoms with Gasteiger partial charge < -0.3 is 9.40 Å². The number of hydrogen-bond acceptors (Lipinski definition) is 4. The molecule has 1 saturated carbocycles. The van der Waals surface area contributed by atoms with Crippen LogP contribution in [0.15, 0.2) is 33.5 Å². The minimum Gasteiger partial charge on any atom is -0.449 e. The first kappa shape index (κ1) is 14.5. The fraction of sp³-hybridized carbons (Fsp3) is 0.444. The maximum atomic E-state index is 12.3. The molecule has 4 rings (SSSR count). The fourth-order valence-electron chi connectivity index (χ4n) is 3.15. The molecule has 0 amide bonds. The van der Waals surface area contributed by atoms with Crippen LogP contribution in [0.2, 0.25) is 0 Å². The molecule has 5 heteroatoms. The largest absolute Gasteiger partial charge is 0.449 e. The maximum Gasteiger partial charge on any atom is 0.294 e. The van der Waals surface area contributed by atoms with E-state index in [2.05, 4.69) is 21.8 Å². The number of benzene rings is 1. The Morgan fingerprint density at radius 2 is 2.17 bits per heavy atom. The molecule has 3 aromatic rings. The molecule has 1 aliphatic rings. The van der Waals surface area contributed by atoms with E-state index in [9.17, 15) is 4.79 Å². The third-order valence-electron chi connectivity index (χ3n) is 4.41. The average molecular weight is 311 g/mol. The minimum atomic E-state index is -0.191. The van der Waals surface area contributed by atoms with Crippen molar-refractivity contribution in [1.29, 1.82) is 0 Å². The predicted molar refractivity (Wildman–Crippen MR) is 90.4 cm³/mol. The first-order valence-electron chi connectivity index (χ1n) is 8.37. The highest BCUT2D eigenvalue weighted by Crippen LogP contribution is 2.30. The number of nitrogens with zero attached hydrogens (tertiary/aromatic N) is 2. The van der Waals surface area contributed by atoms with Crippen LogP contribution >= 0.6 is 0 Å². The second kappa shape index (κ2) is 5.81. The van der Waals surface area contributed by atoms with Gasteiger partial charge in [-0.2, -0.15) is 0 Å². The average Bonchev–Trinajstić information content (AvgIpc) is 3.27. The van der Waals surface area contributed by atoms with Crippen LogP contribution in [0.5, 0.6) is 0 Å². The summed E-state index contributed by atoms with van der Waals surface area (Å²) < 4.78 is 5.65. The number of aromatic amines is 1. The topological polar surface area (TPSA) is 62.1 Å².